The Kier molecular flexibility index (Phi) is 3.43. The molecule has 2 nitrogen and oxygen atoms in total. The number of ether oxygens (including phenoxy) is 1. The first kappa shape index (κ1) is 15.4. The molecule has 3 aliphatic rings. The highest BCUT2D eigenvalue weighted by Gasteiger charge is 2.55. The third-order valence-electron chi connectivity index (χ3n) is 6.14. The first-order valence-corrected chi connectivity index (χ1v) is 9.77. The van der Waals surface area contributed by atoms with Crippen LogP contribution in [0.25, 0.3) is 5.76 Å². The Morgan fingerprint density at radius 2 is 1.72 bits per heavy atom. The molecule has 1 aliphatic heterocycles. The van der Waals surface area contributed by atoms with Gasteiger partial charge in [0.25, 0.3) is 0 Å². The Bertz CT molecular complexity index is 888. The highest BCUT2D eigenvalue weighted by Crippen LogP contribution is 2.59. The number of fused-ring (bicyclic) bond motifs is 2. The minimum atomic E-state index is -0.380. The van der Waals surface area contributed by atoms with E-state index in [2.05, 4.69) is 58.4 Å². The van der Waals surface area contributed by atoms with Gasteiger partial charge in [0.1, 0.15) is 5.76 Å². The average Bonchev–Trinajstić information content (AvgIpc) is 3.24. The van der Waals surface area contributed by atoms with E-state index in [9.17, 15) is 4.79 Å². The molecule has 0 N–H and O–H groups in total. The Labute approximate surface area is 156 Å². The lowest BCUT2D eigenvalue weighted by atomic mass is 9.65. The standard InChI is InChI=1S/C22H19BrO2/c23-16-9-7-14(8-10-16)19-18-13-15-5-1-2-6-17(15)20(18)25-21(24)22(19)11-3-4-12-22/h1-2,5-10,19H,3-4,11-13H2. The molecule has 1 spiro atoms. The zero-order valence-corrected chi connectivity index (χ0v) is 15.5. The van der Waals surface area contributed by atoms with Crippen LogP contribution in [0, 0.1) is 5.41 Å². The molecule has 3 heteroatoms. The van der Waals surface area contributed by atoms with Crippen LogP contribution >= 0.6 is 15.9 Å². The SMILES string of the molecule is O=C1OC2=C(Cc3ccccc32)C(c2ccc(Br)cc2)C12CCCC2. The van der Waals surface area contributed by atoms with Gasteiger partial charge in [0.2, 0.25) is 0 Å². The summed E-state index contributed by atoms with van der Waals surface area (Å²) >= 11 is 3.53. The number of allylic oxidation sites excluding steroid dienone is 1. The Hall–Kier alpha value is -1.87. The number of hydrogen-bond donors (Lipinski definition) is 0. The molecule has 2 aromatic carbocycles. The normalized spacial score (nSPS) is 23.6. The van der Waals surface area contributed by atoms with Gasteiger partial charge >= 0.3 is 5.97 Å². The second kappa shape index (κ2) is 5.57. The summed E-state index contributed by atoms with van der Waals surface area (Å²) in [6.45, 7) is 0. The van der Waals surface area contributed by atoms with Crippen LogP contribution < -0.4 is 0 Å². The van der Waals surface area contributed by atoms with Gasteiger partial charge in [-0.2, -0.15) is 0 Å². The fourth-order valence-electron chi connectivity index (χ4n) is 5.03. The van der Waals surface area contributed by atoms with Crippen molar-refractivity contribution < 1.29 is 9.53 Å². The lowest BCUT2D eigenvalue weighted by Crippen LogP contribution is -2.40. The van der Waals surface area contributed by atoms with E-state index in [4.69, 9.17) is 4.74 Å². The lowest BCUT2D eigenvalue weighted by Gasteiger charge is -2.40. The fraction of sp³-hybridized carbons (Fsp3) is 0.318. The molecule has 1 fully saturated rings. The molecule has 0 aromatic heterocycles. The van der Waals surface area contributed by atoms with Crippen LogP contribution in [0.2, 0.25) is 0 Å². The topological polar surface area (TPSA) is 26.3 Å². The molecule has 2 aromatic rings. The van der Waals surface area contributed by atoms with Gasteiger partial charge in [-0.05, 0) is 48.1 Å². The van der Waals surface area contributed by atoms with E-state index in [1.165, 1.54) is 16.7 Å². The van der Waals surface area contributed by atoms with Gasteiger partial charge in [0.15, 0.2) is 0 Å². The van der Waals surface area contributed by atoms with Crippen LogP contribution in [0.4, 0.5) is 0 Å². The van der Waals surface area contributed by atoms with Crippen LogP contribution in [0.1, 0.15) is 48.3 Å². The number of benzene rings is 2. The largest absolute Gasteiger partial charge is 0.425 e. The van der Waals surface area contributed by atoms with Crippen molar-refractivity contribution in [3.63, 3.8) is 0 Å². The second-order valence-corrected chi connectivity index (χ2v) is 8.34. The van der Waals surface area contributed by atoms with Crippen molar-refractivity contribution in [2.75, 3.05) is 0 Å². The zero-order chi connectivity index (χ0) is 17.0. The number of esters is 1. The van der Waals surface area contributed by atoms with Gasteiger partial charge in [0.05, 0.1) is 5.41 Å². The summed E-state index contributed by atoms with van der Waals surface area (Å²) in [6, 6.07) is 16.8. The van der Waals surface area contributed by atoms with Crippen LogP contribution in [-0.2, 0) is 16.0 Å². The molecular formula is C22H19BrO2. The molecular weight excluding hydrogens is 376 g/mol. The lowest BCUT2D eigenvalue weighted by molar-refractivity contribution is -0.150. The fourth-order valence-corrected chi connectivity index (χ4v) is 5.29. The molecule has 0 radical (unpaired) electrons. The Balaban J connectivity index is 1.71. The minimum absolute atomic E-state index is 0.0200. The van der Waals surface area contributed by atoms with Gasteiger partial charge in [-0.3, -0.25) is 4.79 Å². The van der Waals surface area contributed by atoms with E-state index in [1.807, 2.05) is 6.07 Å². The molecule has 1 heterocycles. The highest BCUT2D eigenvalue weighted by molar-refractivity contribution is 9.10. The summed E-state index contributed by atoms with van der Waals surface area (Å²) in [7, 11) is 0. The third-order valence-corrected chi connectivity index (χ3v) is 6.66. The molecule has 0 bridgehead atoms. The number of rotatable bonds is 1. The van der Waals surface area contributed by atoms with Crippen molar-refractivity contribution in [1.29, 1.82) is 0 Å². The highest BCUT2D eigenvalue weighted by atomic mass is 79.9. The van der Waals surface area contributed by atoms with Gasteiger partial charge in [0, 0.05) is 16.0 Å². The summed E-state index contributed by atoms with van der Waals surface area (Å²) in [5.41, 5.74) is 4.53. The second-order valence-electron chi connectivity index (χ2n) is 7.43. The van der Waals surface area contributed by atoms with Gasteiger partial charge in [-0.25, -0.2) is 0 Å². The van der Waals surface area contributed by atoms with Gasteiger partial charge in [-0.15, -0.1) is 0 Å². The van der Waals surface area contributed by atoms with Crippen LogP contribution in [0.15, 0.2) is 58.6 Å². The predicted octanol–water partition coefficient (Wildman–Crippen LogP) is 5.62. The molecule has 0 saturated heterocycles. The minimum Gasteiger partial charge on any atom is -0.425 e. The van der Waals surface area contributed by atoms with Crippen LogP contribution in [-0.4, -0.2) is 5.97 Å². The first-order chi connectivity index (χ1) is 12.2. The number of hydrogen-bond acceptors (Lipinski definition) is 2. The van der Waals surface area contributed by atoms with Crippen molar-refractivity contribution in [3.8, 4) is 0 Å². The van der Waals surface area contributed by atoms with Crippen molar-refractivity contribution in [2.24, 2.45) is 5.41 Å². The number of carbonyl (C=O) groups excluding carboxylic acids is 1. The summed E-state index contributed by atoms with van der Waals surface area (Å²) in [4.78, 5) is 13.2. The molecule has 5 rings (SSSR count). The first-order valence-electron chi connectivity index (χ1n) is 8.98. The van der Waals surface area contributed by atoms with E-state index in [0.717, 1.165) is 47.9 Å². The van der Waals surface area contributed by atoms with E-state index in [-0.39, 0.29) is 17.3 Å². The summed E-state index contributed by atoms with van der Waals surface area (Å²) in [5, 5.41) is 0. The predicted molar refractivity (Wildman–Crippen MR) is 101 cm³/mol. The number of halogens is 1. The zero-order valence-electron chi connectivity index (χ0n) is 13.9. The molecule has 1 unspecified atom stereocenters. The van der Waals surface area contributed by atoms with Gasteiger partial charge < -0.3 is 4.74 Å². The molecule has 126 valence electrons. The Morgan fingerprint density at radius 3 is 2.48 bits per heavy atom. The third kappa shape index (κ3) is 2.18. The average molecular weight is 395 g/mol. The summed E-state index contributed by atoms with van der Waals surface area (Å²) in [6.07, 6.45) is 4.97. The van der Waals surface area contributed by atoms with Crippen molar-refractivity contribution in [2.45, 2.75) is 38.0 Å². The van der Waals surface area contributed by atoms with Crippen LogP contribution in [0.5, 0.6) is 0 Å². The maximum absolute atomic E-state index is 13.2. The monoisotopic (exact) mass is 394 g/mol. The summed E-state index contributed by atoms with van der Waals surface area (Å²) < 4.78 is 7.05. The van der Waals surface area contributed by atoms with E-state index in [1.54, 1.807) is 0 Å². The molecule has 1 saturated carbocycles. The van der Waals surface area contributed by atoms with Crippen molar-refractivity contribution in [1.82, 2.24) is 0 Å². The molecule has 1 atom stereocenters. The van der Waals surface area contributed by atoms with Crippen molar-refractivity contribution >= 4 is 27.7 Å². The van der Waals surface area contributed by atoms with Crippen LogP contribution in [0.3, 0.4) is 0 Å². The maximum Gasteiger partial charge on any atom is 0.318 e. The smallest absolute Gasteiger partial charge is 0.318 e. The quantitative estimate of drug-likeness (QED) is 0.586. The summed E-state index contributed by atoms with van der Waals surface area (Å²) in [5.74, 6) is 0.936. The van der Waals surface area contributed by atoms with Crippen molar-refractivity contribution in [3.05, 3.63) is 75.3 Å². The Morgan fingerprint density at radius 1 is 1.00 bits per heavy atom. The van der Waals surface area contributed by atoms with E-state index in [0.29, 0.717) is 0 Å². The van der Waals surface area contributed by atoms with E-state index >= 15 is 0 Å². The van der Waals surface area contributed by atoms with Gasteiger partial charge in [-0.1, -0.05) is 65.2 Å². The molecule has 0 amide bonds. The molecule has 2 aliphatic carbocycles. The van der Waals surface area contributed by atoms with E-state index < -0.39 is 0 Å². The number of carbonyl (C=O) groups is 1. The maximum atomic E-state index is 13.2. The molecule has 25 heavy (non-hydrogen) atoms.